The number of hydrogen-bond donors (Lipinski definition) is 1. The van der Waals surface area contributed by atoms with Crippen LogP contribution >= 0.6 is 0 Å². The third kappa shape index (κ3) is 4.60. The fourth-order valence-electron chi connectivity index (χ4n) is 1.31. The Morgan fingerprint density at radius 3 is 2.65 bits per heavy atom. The van der Waals surface area contributed by atoms with Crippen molar-refractivity contribution in [3.8, 4) is 0 Å². The van der Waals surface area contributed by atoms with Gasteiger partial charge in [-0.25, -0.2) is 4.98 Å². The molecule has 0 radical (unpaired) electrons. The number of alkyl halides is 3. The summed E-state index contributed by atoms with van der Waals surface area (Å²) < 4.78 is 36.2. The first-order valence-electron chi connectivity index (χ1n) is 5.21. The van der Waals surface area contributed by atoms with Gasteiger partial charge in [0.25, 0.3) is 0 Å². The molecule has 1 aromatic rings. The zero-order chi connectivity index (χ0) is 13.1. The monoisotopic (exact) mass is 248 g/mol. The van der Waals surface area contributed by atoms with Crippen molar-refractivity contribution in [2.45, 2.75) is 25.6 Å². The van der Waals surface area contributed by atoms with Crippen molar-refractivity contribution < 1.29 is 18.3 Å². The smallest absolute Gasteiger partial charge is 0.389 e. The third-order valence-electron chi connectivity index (χ3n) is 2.37. The number of aromatic nitrogens is 1. The van der Waals surface area contributed by atoms with Crippen molar-refractivity contribution >= 4 is 5.82 Å². The Labute approximate surface area is 97.9 Å². The first kappa shape index (κ1) is 13.8. The molecule has 1 rings (SSSR count). The van der Waals surface area contributed by atoms with Crippen LogP contribution < -0.4 is 4.90 Å². The molecule has 0 bridgehead atoms. The first-order valence-corrected chi connectivity index (χ1v) is 5.21. The highest BCUT2D eigenvalue weighted by Gasteiger charge is 2.27. The molecule has 0 spiro atoms. The van der Waals surface area contributed by atoms with E-state index in [0.29, 0.717) is 11.4 Å². The van der Waals surface area contributed by atoms with E-state index in [1.165, 1.54) is 11.1 Å². The minimum atomic E-state index is -4.17. The lowest BCUT2D eigenvalue weighted by molar-refractivity contribution is -0.132. The van der Waals surface area contributed by atoms with Gasteiger partial charge < -0.3 is 10.0 Å². The van der Waals surface area contributed by atoms with Crippen LogP contribution in [0.1, 0.15) is 25.0 Å². The van der Waals surface area contributed by atoms with Crippen molar-refractivity contribution in [1.29, 1.82) is 0 Å². The van der Waals surface area contributed by atoms with Crippen LogP contribution in [0.25, 0.3) is 0 Å². The molecule has 0 unspecified atom stereocenters. The zero-order valence-electron chi connectivity index (χ0n) is 9.70. The summed E-state index contributed by atoms with van der Waals surface area (Å²) in [6.07, 6.45) is -4.24. The van der Waals surface area contributed by atoms with Crippen LogP contribution in [-0.4, -0.2) is 29.9 Å². The average molecular weight is 248 g/mol. The number of aliphatic hydroxyl groups is 1. The fraction of sp³-hybridized carbons (Fsp3) is 0.545. The molecule has 0 fully saturated rings. The molecule has 3 nitrogen and oxygen atoms in total. The van der Waals surface area contributed by atoms with Crippen LogP contribution in [0.5, 0.6) is 0 Å². The molecule has 0 aromatic carbocycles. The summed E-state index contributed by atoms with van der Waals surface area (Å²) in [6.45, 7) is 1.44. The van der Waals surface area contributed by atoms with E-state index in [1.807, 2.05) is 0 Å². The number of hydrogen-bond acceptors (Lipinski definition) is 3. The maximum Gasteiger partial charge on any atom is 0.390 e. The standard InChI is InChI=1S/C11H15F3N2O/c1-8(17)9-3-5-15-10(7-9)16(2)6-4-11(12,13)14/h3,5,7-8,17H,4,6H2,1-2H3/t8-/m1/s1. The highest BCUT2D eigenvalue weighted by atomic mass is 19.4. The van der Waals surface area contributed by atoms with E-state index in [4.69, 9.17) is 0 Å². The Morgan fingerprint density at radius 2 is 2.12 bits per heavy atom. The lowest BCUT2D eigenvalue weighted by Crippen LogP contribution is -2.24. The van der Waals surface area contributed by atoms with Crippen LogP contribution in [0, 0.1) is 0 Å². The highest BCUT2D eigenvalue weighted by Crippen LogP contribution is 2.22. The van der Waals surface area contributed by atoms with E-state index >= 15 is 0 Å². The summed E-state index contributed by atoms with van der Waals surface area (Å²) in [4.78, 5) is 5.39. The highest BCUT2D eigenvalue weighted by molar-refractivity contribution is 5.40. The largest absolute Gasteiger partial charge is 0.390 e. The molecule has 0 aliphatic carbocycles. The van der Waals surface area contributed by atoms with Gasteiger partial charge in [-0.1, -0.05) is 0 Å². The number of rotatable bonds is 4. The van der Waals surface area contributed by atoms with E-state index in [1.54, 1.807) is 26.1 Å². The molecule has 0 amide bonds. The summed E-state index contributed by atoms with van der Waals surface area (Å²) in [7, 11) is 1.54. The quantitative estimate of drug-likeness (QED) is 0.889. The van der Waals surface area contributed by atoms with Gasteiger partial charge in [-0.3, -0.25) is 0 Å². The molecule has 1 atom stereocenters. The first-order chi connectivity index (χ1) is 7.79. The van der Waals surface area contributed by atoms with Crippen LogP contribution in [0.3, 0.4) is 0 Å². The van der Waals surface area contributed by atoms with Crippen LogP contribution in [-0.2, 0) is 0 Å². The molecule has 1 N–H and O–H groups in total. The molecule has 0 saturated heterocycles. The van der Waals surface area contributed by atoms with Crippen LogP contribution in [0.4, 0.5) is 19.0 Å². The molecular weight excluding hydrogens is 233 g/mol. The van der Waals surface area contributed by atoms with Crippen LogP contribution in [0.2, 0.25) is 0 Å². The second-order valence-corrected chi connectivity index (χ2v) is 3.91. The minimum absolute atomic E-state index is 0.153. The lowest BCUT2D eigenvalue weighted by Gasteiger charge is -2.19. The number of halogens is 3. The average Bonchev–Trinajstić information content (AvgIpc) is 2.25. The van der Waals surface area contributed by atoms with Crippen molar-refractivity contribution in [3.63, 3.8) is 0 Å². The molecule has 96 valence electrons. The van der Waals surface area contributed by atoms with Gasteiger partial charge in [0.2, 0.25) is 0 Å². The van der Waals surface area contributed by atoms with Crippen LogP contribution in [0.15, 0.2) is 18.3 Å². The number of nitrogens with zero attached hydrogens (tertiary/aromatic N) is 2. The maximum atomic E-state index is 12.1. The second kappa shape index (κ2) is 5.35. The normalized spacial score (nSPS) is 13.5. The maximum absolute atomic E-state index is 12.1. The molecule has 17 heavy (non-hydrogen) atoms. The summed E-state index contributed by atoms with van der Waals surface area (Å²) in [5, 5.41) is 9.36. The Hall–Kier alpha value is -1.30. The molecule has 0 aliphatic heterocycles. The third-order valence-corrected chi connectivity index (χ3v) is 2.37. The van der Waals surface area contributed by atoms with Gasteiger partial charge in [0.15, 0.2) is 0 Å². The summed E-state index contributed by atoms with van der Waals surface area (Å²) in [5.74, 6) is 0.424. The van der Waals surface area contributed by atoms with Gasteiger partial charge in [0.05, 0.1) is 12.5 Å². The van der Waals surface area contributed by atoms with E-state index in [9.17, 15) is 18.3 Å². The van der Waals surface area contributed by atoms with Crippen molar-refractivity contribution in [2.24, 2.45) is 0 Å². The second-order valence-electron chi connectivity index (χ2n) is 3.91. The van der Waals surface area contributed by atoms with E-state index in [2.05, 4.69) is 4.98 Å². The van der Waals surface area contributed by atoms with Gasteiger partial charge in [0.1, 0.15) is 5.82 Å². The summed E-state index contributed by atoms with van der Waals surface area (Å²) in [6, 6.07) is 3.22. The van der Waals surface area contributed by atoms with Crippen molar-refractivity contribution in [3.05, 3.63) is 23.9 Å². The molecule has 1 heterocycles. The number of anilines is 1. The molecular formula is C11H15F3N2O. The molecule has 1 aromatic heterocycles. The SMILES string of the molecule is C[C@@H](O)c1ccnc(N(C)CCC(F)(F)F)c1. The predicted octanol–water partition coefficient (Wildman–Crippen LogP) is 2.52. The van der Waals surface area contributed by atoms with Crippen molar-refractivity contribution in [2.75, 3.05) is 18.5 Å². The zero-order valence-corrected chi connectivity index (χ0v) is 9.70. The number of aliphatic hydroxyl groups excluding tert-OH is 1. The van der Waals surface area contributed by atoms with Crippen molar-refractivity contribution in [1.82, 2.24) is 4.98 Å². The molecule has 0 aliphatic rings. The van der Waals surface area contributed by atoms with Gasteiger partial charge in [-0.2, -0.15) is 13.2 Å². The molecule has 0 saturated carbocycles. The van der Waals surface area contributed by atoms with E-state index in [0.717, 1.165) is 0 Å². The summed E-state index contributed by atoms with van der Waals surface area (Å²) in [5.41, 5.74) is 0.633. The Morgan fingerprint density at radius 1 is 1.47 bits per heavy atom. The van der Waals surface area contributed by atoms with Gasteiger partial charge >= 0.3 is 6.18 Å². The van der Waals surface area contributed by atoms with E-state index < -0.39 is 18.7 Å². The van der Waals surface area contributed by atoms with E-state index in [-0.39, 0.29) is 6.54 Å². The van der Waals surface area contributed by atoms with Gasteiger partial charge in [0, 0.05) is 19.8 Å². The topological polar surface area (TPSA) is 36.4 Å². The Balaban J connectivity index is 2.69. The van der Waals surface area contributed by atoms with Gasteiger partial charge in [-0.05, 0) is 24.6 Å². The fourth-order valence-corrected chi connectivity index (χ4v) is 1.31. The number of pyridine rings is 1. The predicted molar refractivity (Wildman–Crippen MR) is 58.8 cm³/mol. The Bertz CT molecular complexity index is 366. The van der Waals surface area contributed by atoms with Gasteiger partial charge in [-0.15, -0.1) is 0 Å². The Kier molecular flexibility index (Phi) is 4.34. The minimum Gasteiger partial charge on any atom is -0.389 e. The summed E-state index contributed by atoms with van der Waals surface area (Å²) >= 11 is 0. The lowest BCUT2D eigenvalue weighted by atomic mass is 10.1. The molecule has 6 heteroatoms.